The van der Waals surface area contributed by atoms with E-state index in [1.165, 1.54) is 16.4 Å². The van der Waals surface area contributed by atoms with Crippen molar-refractivity contribution in [2.45, 2.75) is 24.7 Å². The van der Waals surface area contributed by atoms with Crippen LogP contribution in [-0.2, 0) is 14.8 Å². The molecule has 0 bridgehead atoms. The minimum atomic E-state index is -3.91. The van der Waals surface area contributed by atoms with Crippen LogP contribution in [-0.4, -0.2) is 43.2 Å². The Bertz CT molecular complexity index is 1080. The largest absolute Gasteiger partial charge is 0.375 e. The molecule has 0 aromatic heterocycles. The maximum Gasteiger partial charge on any atom is 0.270 e. The molecule has 0 spiro atoms. The number of rotatable bonds is 7. The molecule has 2 N–H and O–H groups in total. The van der Waals surface area contributed by atoms with Gasteiger partial charge in [-0.3, -0.25) is 14.9 Å². The van der Waals surface area contributed by atoms with E-state index >= 15 is 0 Å². The summed E-state index contributed by atoms with van der Waals surface area (Å²) in [6.45, 7) is 2.39. The summed E-state index contributed by atoms with van der Waals surface area (Å²) in [6, 6.07) is 8.98. The second kappa shape index (κ2) is 9.11. The number of halogens is 1. The second-order valence-corrected chi connectivity index (χ2v) is 9.73. The lowest BCUT2D eigenvalue weighted by atomic mass is 10.2. The molecule has 0 unspecified atom stereocenters. The van der Waals surface area contributed by atoms with E-state index in [2.05, 4.69) is 26.6 Å². The van der Waals surface area contributed by atoms with Crippen molar-refractivity contribution < 1.29 is 18.1 Å². The van der Waals surface area contributed by atoms with Crippen LogP contribution in [0.25, 0.3) is 0 Å². The van der Waals surface area contributed by atoms with Crippen molar-refractivity contribution in [3.63, 3.8) is 0 Å². The lowest BCUT2D eigenvalue weighted by molar-refractivity contribution is -0.385. The number of benzene rings is 2. The van der Waals surface area contributed by atoms with E-state index in [4.69, 9.17) is 0 Å². The smallest absolute Gasteiger partial charge is 0.270 e. The number of sulfonamides is 1. The molecule has 1 saturated heterocycles. The molecule has 1 aliphatic rings. The molecule has 1 amide bonds. The first kappa shape index (κ1) is 22.2. The Kier molecular flexibility index (Phi) is 6.74. The van der Waals surface area contributed by atoms with Crippen LogP contribution in [0, 0.1) is 17.0 Å². The van der Waals surface area contributed by atoms with Gasteiger partial charge in [-0.1, -0.05) is 15.9 Å². The molecule has 1 aliphatic heterocycles. The van der Waals surface area contributed by atoms with Crippen LogP contribution in [0.4, 0.5) is 17.1 Å². The van der Waals surface area contributed by atoms with Crippen LogP contribution < -0.4 is 10.6 Å². The highest BCUT2D eigenvalue weighted by Gasteiger charge is 2.31. The van der Waals surface area contributed by atoms with Crippen molar-refractivity contribution in [1.82, 2.24) is 4.31 Å². The number of amides is 1. The van der Waals surface area contributed by atoms with Gasteiger partial charge in [-0.25, -0.2) is 8.42 Å². The first-order valence-corrected chi connectivity index (χ1v) is 11.5. The van der Waals surface area contributed by atoms with Gasteiger partial charge in [0.1, 0.15) is 4.90 Å². The molecule has 1 fully saturated rings. The lowest BCUT2D eigenvalue weighted by Crippen LogP contribution is -2.29. The summed E-state index contributed by atoms with van der Waals surface area (Å²) >= 11 is 3.36. The van der Waals surface area contributed by atoms with Crippen LogP contribution >= 0.6 is 15.9 Å². The number of nitrogens with one attached hydrogen (secondary N) is 2. The molecule has 160 valence electrons. The number of nitro benzene ring substituents is 1. The monoisotopic (exact) mass is 496 g/mol. The third-order valence-electron chi connectivity index (χ3n) is 4.76. The van der Waals surface area contributed by atoms with Crippen LogP contribution in [0.3, 0.4) is 0 Å². The fourth-order valence-corrected chi connectivity index (χ4v) is 5.37. The molecule has 0 radical (unpaired) electrons. The molecule has 0 atom stereocenters. The van der Waals surface area contributed by atoms with E-state index in [1.807, 2.05) is 13.0 Å². The Hall–Kier alpha value is -2.50. The first-order chi connectivity index (χ1) is 14.2. The van der Waals surface area contributed by atoms with Crippen molar-refractivity contribution in [1.29, 1.82) is 0 Å². The number of nitrogens with zero attached hydrogens (tertiary/aromatic N) is 2. The van der Waals surface area contributed by atoms with E-state index in [0.717, 1.165) is 28.9 Å². The molecular weight excluding hydrogens is 476 g/mol. The zero-order valence-corrected chi connectivity index (χ0v) is 18.6. The topological polar surface area (TPSA) is 122 Å². The highest BCUT2D eigenvalue weighted by Crippen LogP contribution is 2.30. The zero-order valence-electron chi connectivity index (χ0n) is 16.2. The summed E-state index contributed by atoms with van der Waals surface area (Å²) in [4.78, 5) is 22.7. The third kappa shape index (κ3) is 4.97. The maximum atomic E-state index is 13.0. The van der Waals surface area contributed by atoms with Crippen LogP contribution in [0.2, 0.25) is 0 Å². The Balaban J connectivity index is 1.81. The standard InChI is InChI=1S/C19H21BrN4O5S/c1-13-10-14(20)4-6-16(13)22-19(25)12-21-17-7-5-15(24(26)27)11-18(17)30(28,29)23-8-2-3-9-23/h4-7,10-11,21H,2-3,8-9,12H2,1H3,(H,22,25). The van der Waals surface area contributed by atoms with E-state index < -0.39 is 14.9 Å². The van der Waals surface area contributed by atoms with Gasteiger partial charge in [0.2, 0.25) is 15.9 Å². The SMILES string of the molecule is Cc1cc(Br)ccc1NC(=O)CNc1ccc([N+](=O)[O-])cc1S(=O)(=O)N1CCCC1. The van der Waals surface area contributed by atoms with Gasteiger partial charge < -0.3 is 10.6 Å². The number of anilines is 2. The summed E-state index contributed by atoms with van der Waals surface area (Å²) < 4.78 is 28.2. The fraction of sp³-hybridized carbons (Fsp3) is 0.316. The molecule has 2 aromatic carbocycles. The number of hydrogen-bond donors (Lipinski definition) is 2. The van der Waals surface area contributed by atoms with Crippen molar-refractivity contribution in [3.8, 4) is 0 Å². The van der Waals surface area contributed by atoms with Gasteiger partial charge in [0, 0.05) is 35.4 Å². The molecule has 1 heterocycles. The minimum absolute atomic E-state index is 0.148. The molecular formula is C19H21BrN4O5S. The van der Waals surface area contributed by atoms with Crippen molar-refractivity contribution in [3.05, 3.63) is 56.5 Å². The lowest BCUT2D eigenvalue weighted by Gasteiger charge is -2.18. The van der Waals surface area contributed by atoms with Crippen LogP contribution in [0.15, 0.2) is 45.8 Å². The van der Waals surface area contributed by atoms with Crippen molar-refractivity contribution >= 4 is 48.9 Å². The summed E-state index contributed by atoms with van der Waals surface area (Å²) in [5.74, 6) is -0.372. The summed E-state index contributed by atoms with van der Waals surface area (Å²) in [5, 5.41) is 16.7. The van der Waals surface area contributed by atoms with E-state index in [-0.39, 0.29) is 28.7 Å². The highest BCUT2D eigenvalue weighted by atomic mass is 79.9. The fourth-order valence-electron chi connectivity index (χ4n) is 3.19. The minimum Gasteiger partial charge on any atom is -0.375 e. The Morgan fingerprint density at radius 3 is 2.47 bits per heavy atom. The Morgan fingerprint density at radius 1 is 1.17 bits per heavy atom. The molecule has 0 aliphatic carbocycles. The molecule has 9 nitrogen and oxygen atoms in total. The average Bonchev–Trinajstić information content (AvgIpc) is 3.24. The normalized spacial score (nSPS) is 14.5. The van der Waals surface area contributed by atoms with Crippen LogP contribution in [0.1, 0.15) is 18.4 Å². The Morgan fingerprint density at radius 2 is 1.83 bits per heavy atom. The van der Waals surface area contributed by atoms with Crippen molar-refractivity contribution in [2.75, 3.05) is 30.3 Å². The summed E-state index contributed by atoms with van der Waals surface area (Å²) in [5.41, 5.74) is 1.33. The first-order valence-electron chi connectivity index (χ1n) is 9.27. The van der Waals surface area contributed by atoms with E-state index in [9.17, 15) is 23.3 Å². The summed E-state index contributed by atoms with van der Waals surface area (Å²) in [6.07, 6.45) is 1.48. The zero-order chi connectivity index (χ0) is 21.9. The van der Waals surface area contributed by atoms with E-state index in [1.54, 1.807) is 12.1 Å². The predicted octanol–water partition coefficient (Wildman–Crippen LogP) is 3.50. The van der Waals surface area contributed by atoms with Gasteiger partial charge >= 0.3 is 0 Å². The van der Waals surface area contributed by atoms with E-state index in [0.29, 0.717) is 18.8 Å². The van der Waals surface area contributed by atoms with Crippen LogP contribution in [0.5, 0.6) is 0 Å². The number of aryl methyl sites for hydroxylation is 1. The second-order valence-electron chi connectivity index (χ2n) is 6.91. The molecule has 3 rings (SSSR count). The third-order valence-corrected chi connectivity index (χ3v) is 7.19. The maximum absolute atomic E-state index is 13.0. The Labute approximate surface area is 182 Å². The predicted molar refractivity (Wildman–Crippen MR) is 117 cm³/mol. The van der Waals surface area contributed by atoms with Gasteiger partial charge in [0.05, 0.1) is 17.2 Å². The average molecular weight is 497 g/mol. The molecule has 11 heteroatoms. The van der Waals surface area contributed by atoms with Gasteiger partial charge in [0.15, 0.2) is 0 Å². The van der Waals surface area contributed by atoms with Gasteiger partial charge in [0.25, 0.3) is 5.69 Å². The number of nitro groups is 1. The quantitative estimate of drug-likeness (QED) is 0.446. The number of carbonyl (C=O) groups is 1. The number of carbonyl (C=O) groups excluding carboxylic acids is 1. The number of hydrogen-bond acceptors (Lipinski definition) is 6. The molecule has 30 heavy (non-hydrogen) atoms. The van der Waals surface area contributed by atoms with Gasteiger partial charge in [-0.05, 0) is 49.6 Å². The molecule has 0 saturated carbocycles. The van der Waals surface area contributed by atoms with Gasteiger partial charge in [-0.15, -0.1) is 0 Å². The summed E-state index contributed by atoms with van der Waals surface area (Å²) in [7, 11) is -3.91. The number of non-ortho nitro benzene ring substituents is 1. The highest BCUT2D eigenvalue weighted by molar-refractivity contribution is 9.10. The van der Waals surface area contributed by atoms with Crippen molar-refractivity contribution in [2.24, 2.45) is 0 Å². The molecule has 2 aromatic rings. The van der Waals surface area contributed by atoms with Gasteiger partial charge in [-0.2, -0.15) is 4.31 Å².